The van der Waals surface area contributed by atoms with Crippen molar-refractivity contribution in [3.05, 3.63) is 252 Å². The summed E-state index contributed by atoms with van der Waals surface area (Å²) in [5.41, 5.74) is 11.1. The highest BCUT2D eigenvalue weighted by atomic mass is 16.2. The molecule has 0 atom stereocenters. The minimum absolute atomic E-state index is 0.360. The molecule has 0 N–H and O–H groups in total. The lowest BCUT2D eigenvalue weighted by Crippen LogP contribution is -2.14. The van der Waals surface area contributed by atoms with Gasteiger partial charge in [-0.2, -0.15) is 0 Å². The van der Waals surface area contributed by atoms with Crippen molar-refractivity contribution in [3.8, 4) is 0 Å². The Morgan fingerprint density at radius 3 is 0.707 bits per heavy atom. The molecule has 0 unspecified atom stereocenters. The van der Waals surface area contributed by atoms with Crippen LogP contribution in [0.1, 0.15) is 43.0 Å². The molecule has 0 heterocycles. The van der Waals surface area contributed by atoms with E-state index in [0.717, 1.165) is 56.4 Å². The van der Waals surface area contributed by atoms with Crippen molar-refractivity contribution < 1.29 is 9.59 Å². The van der Waals surface area contributed by atoms with Crippen molar-refractivity contribution in [2.45, 2.75) is 0 Å². The molecular weight excluding hydrogens is 709 g/mol. The fraction of sp³-hybridized carbons (Fsp3) is 0. The second kappa shape index (κ2) is 17.8. The number of ketones is 2. The molecule has 4 nitrogen and oxygen atoms in total. The Kier molecular flexibility index (Phi) is 11.4. The second-order valence-corrected chi connectivity index (χ2v) is 13.8. The lowest BCUT2D eigenvalue weighted by Gasteiger charge is -2.25. The molecule has 0 aliphatic heterocycles. The van der Waals surface area contributed by atoms with Gasteiger partial charge < -0.3 is 9.80 Å². The third kappa shape index (κ3) is 8.83. The van der Waals surface area contributed by atoms with Gasteiger partial charge in [0.2, 0.25) is 11.6 Å². The molecule has 0 bridgehead atoms. The lowest BCUT2D eigenvalue weighted by molar-refractivity contribution is 0.0817. The molecular formula is C54H40N2O2. The molecule has 0 aliphatic carbocycles. The highest BCUT2D eigenvalue weighted by molar-refractivity contribution is 6.49. The summed E-state index contributed by atoms with van der Waals surface area (Å²) in [4.78, 5) is 30.8. The van der Waals surface area contributed by atoms with E-state index >= 15 is 0 Å². The van der Waals surface area contributed by atoms with Crippen molar-refractivity contribution in [2.75, 3.05) is 9.80 Å². The average Bonchev–Trinajstić information content (AvgIpc) is 3.30. The fourth-order valence-electron chi connectivity index (χ4n) is 6.81. The predicted molar refractivity (Wildman–Crippen MR) is 242 cm³/mol. The number of rotatable bonds is 13. The summed E-state index contributed by atoms with van der Waals surface area (Å²) in [5, 5.41) is 0. The maximum atomic E-state index is 13.2. The summed E-state index contributed by atoms with van der Waals surface area (Å²) in [6.45, 7) is 0. The number of Topliss-reactive ketones (excluding diaryl/α,β-unsaturated/α-hetero) is 2. The van der Waals surface area contributed by atoms with Gasteiger partial charge in [-0.3, -0.25) is 9.59 Å². The maximum Gasteiger partial charge on any atom is 0.233 e. The first kappa shape index (κ1) is 37.1. The molecule has 0 fully saturated rings. The average molecular weight is 749 g/mol. The highest BCUT2D eigenvalue weighted by Crippen LogP contribution is 2.35. The zero-order valence-electron chi connectivity index (χ0n) is 31.8. The van der Waals surface area contributed by atoms with Crippen LogP contribution in [0.2, 0.25) is 0 Å². The third-order valence-corrected chi connectivity index (χ3v) is 9.85. The molecule has 8 rings (SSSR count). The SMILES string of the molecule is O=C(C(=O)c1ccc(/C=C/c2ccc(N(c3ccccc3)c3ccccc3)cc2)cc1)c1ccc(/C=C/c2ccc(N(c3ccccc3)c3ccccc3)cc2)cc1. The topological polar surface area (TPSA) is 40.6 Å². The molecule has 0 aromatic heterocycles. The monoisotopic (exact) mass is 748 g/mol. The largest absolute Gasteiger partial charge is 0.311 e. The number of hydrogen-bond donors (Lipinski definition) is 0. The predicted octanol–water partition coefficient (Wildman–Crippen LogP) is 14.0. The Labute approximate surface area is 339 Å². The Morgan fingerprint density at radius 1 is 0.259 bits per heavy atom. The van der Waals surface area contributed by atoms with Crippen LogP contribution in [0.15, 0.2) is 218 Å². The first-order chi connectivity index (χ1) is 28.6. The number of carbonyl (C=O) groups excluding carboxylic acids is 2. The standard InChI is InChI=1S/C54H40N2O2/c57-53(45-33-25-41(26-34-45)21-23-43-29-37-51(38-30-43)55(47-13-5-1-6-14-47)48-15-7-2-8-16-48)54(58)46-35-27-42(28-36-46)22-24-44-31-39-52(40-32-44)56(49-17-9-3-10-18-49)50-19-11-4-12-20-50/h1-40H/b23-21+,24-22+. The zero-order valence-corrected chi connectivity index (χ0v) is 31.8. The molecule has 0 saturated carbocycles. The first-order valence-corrected chi connectivity index (χ1v) is 19.2. The summed E-state index contributed by atoms with van der Waals surface area (Å²) >= 11 is 0. The lowest BCUT2D eigenvalue weighted by atomic mass is 9.99. The molecule has 0 aliphatic rings. The molecule has 0 amide bonds. The van der Waals surface area contributed by atoms with Crippen molar-refractivity contribution in [3.63, 3.8) is 0 Å². The first-order valence-electron chi connectivity index (χ1n) is 19.2. The van der Waals surface area contributed by atoms with Crippen LogP contribution in [0, 0.1) is 0 Å². The van der Waals surface area contributed by atoms with E-state index in [1.165, 1.54) is 0 Å². The van der Waals surface area contributed by atoms with E-state index in [1.54, 1.807) is 24.3 Å². The molecule has 278 valence electrons. The summed E-state index contributed by atoms with van der Waals surface area (Å²) in [7, 11) is 0. The number of nitrogens with zero attached hydrogens (tertiary/aromatic N) is 2. The smallest absolute Gasteiger partial charge is 0.233 e. The van der Waals surface area contributed by atoms with E-state index in [1.807, 2.05) is 121 Å². The number of anilines is 6. The third-order valence-electron chi connectivity index (χ3n) is 9.85. The van der Waals surface area contributed by atoms with E-state index in [4.69, 9.17) is 0 Å². The van der Waals surface area contributed by atoms with Crippen LogP contribution < -0.4 is 9.80 Å². The van der Waals surface area contributed by atoms with E-state index < -0.39 is 11.6 Å². The Balaban J connectivity index is 0.883. The van der Waals surface area contributed by atoms with Gasteiger partial charge in [-0.15, -0.1) is 0 Å². The van der Waals surface area contributed by atoms with Crippen LogP contribution in [0.3, 0.4) is 0 Å². The number of hydrogen-bond acceptors (Lipinski definition) is 4. The number of carbonyl (C=O) groups is 2. The quantitative estimate of drug-likeness (QED) is 0.0669. The van der Waals surface area contributed by atoms with Crippen LogP contribution in [0.5, 0.6) is 0 Å². The van der Waals surface area contributed by atoms with Crippen LogP contribution >= 0.6 is 0 Å². The fourth-order valence-corrected chi connectivity index (χ4v) is 6.81. The van der Waals surface area contributed by atoms with Gasteiger partial charge in [-0.25, -0.2) is 0 Å². The Bertz CT molecular complexity index is 2370. The number of benzene rings is 8. The highest BCUT2D eigenvalue weighted by Gasteiger charge is 2.18. The molecule has 4 heteroatoms. The summed E-state index contributed by atoms with van der Waals surface area (Å²) in [5.74, 6) is -1.06. The Hall–Kier alpha value is -7.82. The van der Waals surface area contributed by atoms with Crippen LogP contribution in [-0.2, 0) is 0 Å². The van der Waals surface area contributed by atoms with Gasteiger partial charge in [-0.1, -0.05) is 170 Å². The summed E-state index contributed by atoms with van der Waals surface area (Å²) < 4.78 is 0. The van der Waals surface area contributed by atoms with Gasteiger partial charge in [0.05, 0.1) is 0 Å². The van der Waals surface area contributed by atoms with E-state index in [-0.39, 0.29) is 0 Å². The zero-order chi connectivity index (χ0) is 39.5. The van der Waals surface area contributed by atoms with Gasteiger partial charge in [0, 0.05) is 45.3 Å². The molecule has 0 spiro atoms. The molecule has 8 aromatic rings. The van der Waals surface area contributed by atoms with E-state index in [9.17, 15) is 9.59 Å². The Morgan fingerprint density at radius 2 is 0.466 bits per heavy atom. The molecule has 0 saturated heterocycles. The van der Waals surface area contributed by atoms with Crippen molar-refractivity contribution in [1.29, 1.82) is 0 Å². The van der Waals surface area contributed by atoms with E-state index in [2.05, 4.69) is 107 Å². The van der Waals surface area contributed by atoms with Crippen LogP contribution in [-0.4, -0.2) is 11.6 Å². The van der Waals surface area contributed by atoms with Gasteiger partial charge >= 0.3 is 0 Å². The second-order valence-electron chi connectivity index (χ2n) is 13.8. The summed E-state index contributed by atoms with van der Waals surface area (Å²) in [6.07, 6.45) is 8.08. The summed E-state index contributed by atoms with van der Waals surface area (Å²) in [6, 6.07) is 72.3. The van der Waals surface area contributed by atoms with Gasteiger partial charge in [-0.05, 0) is 95.1 Å². The van der Waals surface area contributed by atoms with E-state index in [0.29, 0.717) is 11.1 Å². The van der Waals surface area contributed by atoms with Gasteiger partial charge in [0.15, 0.2) is 0 Å². The van der Waals surface area contributed by atoms with Crippen molar-refractivity contribution in [1.82, 2.24) is 0 Å². The van der Waals surface area contributed by atoms with Gasteiger partial charge in [0.25, 0.3) is 0 Å². The minimum Gasteiger partial charge on any atom is -0.311 e. The number of para-hydroxylation sites is 4. The maximum absolute atomic E-state index is 13.2. The minimum atomic E-state index is -0.532. The van der Waals surface area contributed by atoms with Crippen molar-refractivity contribution in [2.24, 2.45) is 0 Å². The molecule has 58 heavy (non-hydrogen) atoms. The van der Waals surface area contributed by atoms with Crippen LogP contribution in [0.25, 0.3) is 24.3 Å². The van der Waals surface area contributed by atoms with Crippen LogP contribution in [0.4, 0.5) is 34.1 Å². The molecule has 0 radical (unpaired) electrons. The normalized spacial score (nSPS) is 11.1. The molecule has 8 aromatic carbocycles. The van der Waals surface area contributed by atoms with Crippen molar-refractivity contribution >= 4 is 70.0 Å². The van der Waals surface area contributed by atoms with Gasteiger partial charge in [0.1, 0.15) is 0 Å².